The standard InChI is InChI=1S/C9H23N2O2Si/c1-8(2)7-14(11-6-5-10)9(12-3)13-4/h8-9,11H,5-7,10H2,1-4H3. The zero-order valence-corrected chi connectivity index (χ0v) is 10.7. The predicted molar refractivity (Wildman–Crippen MR) is 60.3 cm³/mol. The van der Waals surface area contributed by atoms with Gasteiger partial charge in [-0.15, -0.1) is 0 Å². The van der Waals surface area contributed by atoms with Crippen LogP contribution in [0.15, 0.2) is 0 Å². The lowest BCUT2D eigenvalue weighted by molar-refractivity contribution is -0.0488. The highest BCUT2D eigenvalue weighted by atomic mass is 28.3. The summed E-state index contributed by atoms with van der Waals surface area (Å²) in [5.74, 6) is 0.566. The molecule has 14 heavy (non-hydrogen) atoms. The number of nitrogens with two attached hydrogens (primary N) is 1. The van der Waals surface area contributed by atoms with Gasteiger partial charge in [0.25, 0.3) is 0 Å². The molecule has 0 bridgehead atoms. The van der Waals surface area contributed by atoms with Crippen LogP contribution in [0, 0.1) is 5.92 Å². The van der Waals surface area contributed by atoms with Gasteiger partial charge in [-0.3, -0.25) is 0 Å². The number of rotatable bonds is 8. The zero-order chi connectivity index (χ0) is 11.0. The van der Waals surface area contributed by atoms with Crippen LogP contribution in [0.5, 0.6) is 0 Å². The van der Waals surface area contributed by atoms with Crippen LogP contribution in [-0.4, -0.2) is 42.2 Å². The minimum absolute atomic E-state index is 0.0889. The Bertz CT molecular complexity index is 132. The summed E-state index contributed by atoms with van der Waals surface area (Å²) in [7, 11) is 2.55. The fraction of sp³-hybridized carbons (Fsp3) is 1.00. The molecule has 0 rings (SSSR count). The Kier molecular flexibility index (Phi) is 8.41. The summed E-state index contributed by atoms with van der Waals surface area (Å²) in [6.45, 7) is 5.91. The van der Waals surface area contributed by atoms with Crippen LogP contribution in [0.2, 0.25) is 6.04 Å². The first-order valence-electron chi connectivity index (χ1n) is 5.00. The van der Waals surface area contributed by atoms with Gasteiger partial charge in [0.1, 0.15) is 0 Å². The molecule has 0 atom stereocenters. The maximum atomic E-state index is 5.46. The molecule has 3 N–H and O–H groups in total. The van der Waals surface area contributed by atoms with Crippen molar-refractivity contribution < 1.29 is 9.47 Å². The Hall–Kier alpha value is 0.0569. The maximum absolute atomic E-state index is 5.46. The summed E-state index contributed by atoms with van der Waals surface area (Å²) in [4.78, 5) is 3.43. The van der Waals surface area contributed by atoms with E-state index in [-0.39, 0.29) is 5.91 Å². The molecule has 0 heterocycles. The van der Waals surface area contributed by atoms with E-state index in [0.717, 1.165) is 12.6 Å². The summed E-state index contributed by atoms with van der Waals surface area (Å²) >= 11 is 0. The SMILES string of the molecule is COC(OC)[Si](CC(C)C)NCCN. The van der Waals surface area contributed by atoms with Crippen LogP contribution in [-0.2, 0) is 9.47 Å². The molecule has 0 unspecified atom stereocenters. The first kappa shape index (κ1) is 14.1. The summed E-state index contributed by atoms with van der Waals surface area (Å²) in [6, 6.07) is 1.12. The molecular weight excluding hydrogens is 196 g/mol. The van der Waals surface area contributed by atoms with Crippen molar-refractivity contribution in [1.82, 2.24) is 4.98 Å². The molecule has 85 valence electrons. The second-order valence-electron chi connectivity index (χ2n) is 3.64. The highest BCUT2D eigenvalue weighted by Gasteiger charge is 2.24. The van der Waals surface area contributed by atoms with Gasteiger partial charge in [0, 0.05) is 27.3 Å². The second kappa shape index (κ2) is 8.37. The Morgan fingerprint density at radius 2 is 1.86 bits per heavy atom. The summed E-state index contributed by atoms with van der Waals surface area (Å²) in [5, 5.41) is 0. The molecule has 0 aromatic rings. The minimum Gasteiger partial charge on any atom is -0.358 e. The van der Waals surface area contributed by atoms with E-state index >= 15 is 0 Å². The fourth-order valence-electron chi connectivity index (χ4n) is 1.31. The zero-order valence-electron chi connectivity index (χ0n) is 9.67. The fourth-order valence-corrected chi connectivity index (χ4v) is 3.72. The van der Waals surface area contributed by atoms with E-state index in [1.165, 1.54) is 0 Å². The lowest BCUT2D eigenvalue weighted by Crippen LogP contribution is -2.49. The van der Waals surface area contributed by atoms with Crippen molar-refractivity contribution >= 4 is 8.96 Å². The van der Waals surface area contributed by atoms with Gasteiger partial charge in [-0.1, -0.05) is 13.8 Å². The Balaban J connectivity index is 4.06. The van der Waals surface area contributed by atoms with Gasteiger partial charge >= 0.3 is 0 Å². The Morgan fingerprint density at radius 3 is 2.21 bits per heavy atom. The maximum Gasteiger partial charge on any atom is 0.203 e. The number of nitrogens with one attached hydrogen (secondary N) is 1. The molecule has 0 aliphatic carbocycles. The molecule has 0 aromatic carbocycles. The summed E-state index contributed by atoms with van der Waals surface area (Å²) in [5.41, 5.74) is 5.46. The third-order valence-corrected chi connectivity index (χ3v) is 4.84. The van der Waals surface area contributed by atoms with E-state index in [2.05, 4.69) is 18.8 Å². The number of hydrogen-bond donors (Lipinski definition) is 2. The molecule has 0 saturated heterocycles. The van der Waals surface area contributed by atoms with Gasteiger partial charge < -0.3 is 20.2 Å². The van der Waals surface area contributed by atoms with Gasteiger partial charge in [0.15, 0.2) is 5.91 Å². The lowest BCUT2D eigenvalue weighted by atomic mass is 10.3. The quantitative estimate of drug-likeness (QED) is 0.457. The molecule has 5 heteroatoms. The van der Waals surface area contributed by atoms with Crippen LogP contribution in [0.3, 0.4) is 0 Å². The van der Waals surface area contributed by atoms with Crippen molar-refractivity contribution in [3.05, 3.63) is 0 Å². The number of ether oxygens (including phenoxy) is 2. The molecule has 1 radical (unpaired) electrons. The highest BCUT2D eigenvalue weighted by molar-refractivity contribution is 6.57. The molecule has 0 amide bonds. The van der Waals surface area contributed by atoms with Gasteiger partial charge in [-0.25, -0.2) is 0 Å². The molecule has 0 aliphatic rings. The molecule has 0 aliphatic heterocycles. The largest absolute Gasteiger partial charge is 0.358 e. The summed E-state index contributed by atoms with van der Waals surface area (Å²) < 4.78 is 10.6. The topological polar surface area (TPSA) is 56.5 Å². The average molecular weight is 219 g/mol. The Labute approximate surface area is 88.8 Å². The average Bonchev–Trinajstić information content (AvgIpc) is 2.15. The smallest absolute Gasteiger partial charge is 0.203 e. The molecule has 0 spiro atoms. The first-order valence-corrected chi connectivity index (χ1v) is 6.79. The van der Waals surface area contributed by atoms with E-state index in [0.29, 0.717) is 12.5 Å². The van der Waals surface area contributed by atoms with Gasteiger partial charge in [0.05, 0.1) is 0 Å². The van der Waals surface area contributed by atoms with E-state index in [1.54, 1.807) is 14.2 Å². The number of methoxy groups -OCH3 is 2. The first-order chi connectivity index (χ1) is 6.65. The van der Waals surface area contributed by atoms with Crippen molar-refractivity contribution in [1.29, 1.82) is 0 Å². The third-order valence-electron chi connectivity index (χ3n) is 1.84. The third kappa shape index (κ3) is 5.72. The van der Waals surface area contributed by atoms with Gasteiger partial charge in [0.2, 0.25) is 8.96 Å². The Morgan fingerprint density at radius 1 is 1.29 bits per heavy atom. The second-order valence-corrected chi connectivity index (χ2v) is 5.93. The normalized spacial score (nSPS) is 12.0. The summed E-state index contributed by atoms with van der Waals surface area (Å²) in [6.07, 6.45) is 0. The molecule has 0 fully saturated rings. The minimum atomic E-state index is -0.821. The van der Waals surface area contributed by atoms with E-state index in [4.69, 9.17) is 15.2 Å². The van der Waals surface area contributed by atoms with Gasteiger partial charge in [-0.05, 0) is 12.0 Å². The van der Waals surface area contributed by atoms with Crippen molar-refractivity contribution in [2.45, 2.75) is 25.8 Å². The van der Waals surface area contributed by atoms with Crippen LogP contribution >= 0.6 is 0 Å². The lowest BCUT2D eigenvalue weighted by Gasteiger charge is -2.24. The van der Waals surface area contributed by atoms with E-state index < -0.39 is 8.96 Å². The molecular formula is C9H23N2O2Si. The van der Waals surface area contributed by atoms with Gasteiger partial charge in [-0.2, -0.15) is 0 Å². The molecule has 4 nitrogen and oxygen atoms in total. The van der Waals surface area contributed by atoms with Crippen molar-refractivity contribution in [3.8, 4) is 0 Å². The van der Waals surface area contributed by atoms with Crippen LogP contribution in [0.25, 0.3) is 0 Å². The molecule has 0 saturated carbocycles. The van der Waals surface area contributed by atoms with Crippen LogP contribution in [0.1, 0.15) is 13.8 Å². The van der Waals surface area contributed by atoms with Crippen LogP contribution in [0.4, 0.5) is 0 Å². The predicted octanol–water partition coefficient (Wildman–Crippen LogP) is 0.340. The van der Waals surface area contributed by atoms with E-state index in [1.807, 2.05) is 0 Å². The van der Waals surface area contributed by atoms with Crippen molar-refractivity contribution in [2.24, 2.45) is 11.7 Å². The monoisotopic (exact) mass is 219 g/mol. The molecule has 0 aromatic heterocycles. The van der Waals surface area contributed by atoms with Crippen molar-refractivity contribution in [3.63, 3.8) is 0 Å². The highest BCUT2D eigenvalue weighted by Crippen LogP contribution is 2.08. The number of hydrogen-bond acceptors (Lipinski definition) is 4. The van der Waals surface area contributed by atoms with Crippen molar-refractivity contribution in [2.75, 3.05) is 27.3 Å². The van der Waals surface area contributed by atoms with E-state index in [9.17, 15) is 0 Å². The van der Waals surface area contributed by atoms with Crippen LogP contribution < -0.4 is 10.7 Å².